The van der Waals surface area contributed by atoms with Crippen molar-refractivity contribution in [3.8, 4) is 0 Å². The molecule has 1 aliphatic rings. The molecule has 1 aromatic carbocycles. The molecule has 1 amide bonds. The third-order valence-corrected chi connectivity index (χ3v) is 5.96. The summed E-state index contributed by atoms with van der Waals surface area (Å²) in [7, 11) is 0. The van der Waals surface area contributed by atoms with Gasteiger partial charge in [0.15, 0.2) is 11.5 Å². The number of halogens is 4. The van der Waals surface area contributed by atoms with E-state index in [-0.39, 0.29) is 45.7 Å². The summed E-state index contributed by atoms with van der Waals surface area (Å²) in [4.78, 5) is 17.3. The number of carbonyl (C=O) groups excluding carboxylic acids is 1. The van der Waals surface area contributed by atoms with Gasteiger partial charge >= 0.3 is 0 Å². The van der Waals surface area contributed by atoms with E-state index in [0.29, 0.717) is 17.9 Å². The monoisotopic (exact) mass is 488 g/mol. The van der Waals surface area contributed by atoms with Gasteiger partial charge in [-0.15, -0.1) is 0 Å². The molecule has 0 atom stereocenters. The minimum atomic E-state index is -2.67. The number of nitrogens with zero attached hydrogens (tertiary/aromatic N) is 5. The Bertz CT molecular complexity index is 1380. The van der Waals surface area contributed by atoms with Crippen molar-refractivity contribution in [2.75, 3.05) is 5.32 Å². The third kappa shape index (κ3) is 4.50. The topological polar surface area (TPSA) is 77.6 Å². The van der Waals surface area contributed by atoms with Crippen molar-refractivity contribution in [1.82, 2.24) is 24.5 Å². The van der Waals surface area contributed by atoms with Crippen LogP contribution in [-0.2, 0) is 17.9 Å². The van der Waals surface area contributed by atoms with Gasteiger partial charge in [-0.3, -0.25) is 9.48 Å². The lowest BCUT2D eigenvalue weighted by Gasteiger charge is -2.08. The first-order chi connectivity index (χ1) is 16.3. The highest BCUT2D eigenvalue weighted by atomic mass is 35.5. The van der Waals surface area contributed by atoms with Crippen LogP contribution in [0, 0.1) is 12.7 Å². The van der Waals surface area contributed by atoms with Crippen molar-refractivity contribution in [3.05, 3.63) is 69.9 Å². The highest BCUT2D eigenvalue weighted by Crippen LogP contribution is 2.41. The number of pyridine rings is 1. The standard InChI is InChI=1S/C23H20ClF3N6O/c1-12-20-16(21(26)27)8-18(14-4-5-14)28-23(20)33(30-12)11-19(34)29-22-17(24)10-32(31-22)9-13-2-6-15(25)7-3-13/h2-3,6-8,10,14,21H,4-5,9,11H2,1H3,(H,29,31,34). The lowest BCUT2D eigenvalue weighted by molar-refractivity contribution is -0.116. The second kappa shape index (κ2) is 8.75. The van der Waals surface area contributed by atoms with Gasteiger partial charge in [-0.25, -0.2) is 22.8 Å². The molecule has 0 spiro atoms. The van der Waals surface area contributed by atoms with Crippen molar-refractivity contribution < 1.29 is 18.0 Å². The third-order valence-electron chi connectivity index (χ3n) is 5.68. The quantitative estimate of drug-likeness (QED) is 0.386. The summed E-state index contributed by atoms with van der Waals surface area (Å²) in [5.74, 6) is -0.489. The molecule has 4 aromatic rings. The zero-order valence-corrected chi connectivity index (χ0v) is 18.9. The first-order valence-corrected chi connectivity index (χ1v) is 11.1. The summed E-state index contributed by atoms with van der Waals surface area (Å²) >= 11 is 6.22. The fraction of sp³-hybridized carbons (Fsp3) is 0.304. The van der Waals surface area contributed by atoms with Crippen LogP contribution >= 0.6 is 11.6 Å². The summed E-state index contributed by atoms with van der Waals surface area (Å²) in [6.45, 7) is 1.72. The SMILES string of the molecule is Cc1nn(CC(=O)Nc2nn(Cc3ccc(F)cc3)cc2Cl)c2nc(C3CC3)cc(C(F)F)c12. The Labute approximate surface area is 197 Å². The minimum Gasteiger partial charge on any atom is -0.306 e. The molecule has 1 aliphatic carbocycles. The number of amides is 1. The number of aryl methyl sites for hydroxylation is 1. The molecule has 3 heterocycles. The molecular weight excluding hydrogens is 469 g/mol. The normalized spacial score (nSPS) is 13.7. The van der Waals surface area contributed by atoms with Gasteiger partial charge in [-0.2, -0.15) is 10.2 Å². The Morgan fingerprint density at radius 1 is 1.24 bits per heavy atom. The summed E-state index contributed by atoms with van der Waals surface area (Å²) in [6, 6.07) is 7.41. The minimum absolute atomic E-state index is 0.112. The molecule has 0 bridgehead atoms. The maximum Gasteiger partial charge on any atom is 0.264 e. The van der Waals surface area contributed by atoms with Crippen LogP contribution in [-0.4, -0.2) is 30.5 Å². The maximum absolute atomic E-state index is 13.7. The summed E-state index contributed by atoms with van der Waals surface area (Å²) in [5, 5.41) is 11.7. The number of rotatable bonds is 7. The molecule has 0 aliphatic heterocycles. The van der Waals surface area contributed by atoms with E-state index in [1.807, 2.05) is 0 Å². The number of hydrogen-bond acceptors (Lipinski definition) is 4. The fourth-order valence-corrected chi connectivity index (χ4v) is 4.12. The van der Waals surface area contributed by atoms with Gasteiger partial charge in [0.2, 0.25) is 5.91 Å². The van der Waals surface area contributed by atoms with Gasteiger partial charge in [0.25, 0.3) is 6.43 Å². The lowest BCUT2D eigenvalue weighted by atomic mass is 10.1. The number of nitrogens with one attached hydrogen (secondary N) is 1. The molecule has 1 fully saturated rings. The molecule has 34 heavy (non-hydrogen) atoms. The van der Waals surface area contributed by atoms with Crippen molar-refractivity contribution in [3.63, 3.8) is 0 Å². The number of anilines is 1. The Kier molecular flexibility index (Phi) is 5.76. The molecular formula is C23H20ClF3N6O. The number of fused-ring (bicyclic) bond motifs is 1. The lowest BCUT2D eigenvalue weighted by Crippen LogP contribution is -2.20. The van der Waals surface area contributed by atoms with Gasteiger partial charge in [-0.1, -0.05) is 23.7 Å². The molecule has 1 N–H and O–H groups in total. The van der Waals surface area contributed by atoms with Crippen molar-refractivity contribution in [2.45, 2.75) is 45.2 Å². The van der Waals surface area contributed by atoms with Crippen molar-refractivity contribution >= 4 is 34.4 Å². The summed E-state index contributed by atoms with van der Waals surface area (Å²) < 4.78 is 43.4. The first-order valence-electron chi connectivity index (χ1n) is 10.7. The fourth-order valence-electron chi connectivity index (χ4n) is 3.92. The Balaban J connectivity index is 1.36. The van der Waals surface area contributed by atoms with Crippen LogP contribution in [0.4, 0.5) is 19.0 Å². The average molecular weight is 489 g/mol. The Hall–Kier alpha value is -3.40. The summed E-state index contributed by atoms with van der Waals surface area (Å²) in [5.41, 5.74) is 1.95. The number of benzene rings is 1. The molecule has 7 nitrogen and oxygen atoms in total. The summed E-state index contributed by atoms with van der Waals surface area (Å²) in [6.07, 6.45) is 0.700. The second-order valence-electron chi connectivity index (χ2n) is 8.35. The first kappa shape index (κ1) is 22.4. The van der Waals surface area contributed by atoms with E-state index in [2.05, 4.69) is 20.5 Å². The number of hydrogen-bond donors (Lipinski definition) is 1. The Morgan fingerprint density at radius 2 is 1.97 bits per heavy atom. The van der Waals surface area contributed by atoms with Gasteiger partial charge in [0.05, 0.1) is 17.6 Å². The Morgan fingerprint density at radius 3 is 2.65 bits per heavy atom. The van der Waals surface area contributed by atoms with Gasteiger partial charge in [0, 0.05) is 23.4 Å². The number of alkyl halides is 2. The molecule has 0 unspecified atom stereocenters. The van der Waals surface area contributed by atoms with E-state index in [4.69, 9.17) is 11.6 Å². The molecule has 3 aromatic heterocycles. The van der Waals surface area contributed by atoms with Crippen LogP contribution in [0.25, 0.3) is 11.0 Å². The van der Waals surface area contributed by atoms with Crippen LogP contribution in [0.5, 0.6) is 0 Å². The van der Waals surface area contributed by atoms with Crippen LogP contribution in [0.15, 0.2) is 36.5 Å². The average Bonchev–Trinajstić information content (AvgIpc) is 3.52. The molecule has 11 heteroatoms. The zero-order chi connectivity index (χ0) is 24.0. The van der Waals surface area contributed by atoms with Crippen LogP contribution < -0.4 is 5.32 Å². The predicted octanol–water partition coefficient (Wildman–Crippen LogP) is 5.23. The maximum atomic E-state index is 13.7. The number of aromatic nitrogens is 5. The van der Waals surface area contributed by atoms with E-state index in [1.54, 1.807) is 25.3 Å². The van der Waals surface area contributed by atoms with E-state index in [0.717, 1.165) is 18.4 Å². The molecule has 176 valence electrons. The highest BCUT2D eigenvalue weighted by Gasteiger charge is 2.29. The van der Waals surface area contributed by atoms with Crippen molar-refractivity contribution in [1.29, 1.82) is 0 Å². The highest BCUT2D eigenvalue weighted by molar-refractivity contribution is 6.33. The number of carbonyl (C=O) groups is 1. The van der Waals surface area contributed by atoms with E-state index < -0.39 is 12.3 Å². The van der Waals surface area contributed by atoms with Gasteiger partial charge in [-0.05, 0) is 43.5 Å². The largest absolute Gasteiger partial charge is 0.306 e. The van der Waals surface area contributed by atoms with E-state index in [9.17, 15) is 18.0 Å². The molecule has 1 saturated carbocycles. The van der Waals surface area contributed by atoms with Crippen LogP contribution in [0.2, 0.25) is 5.02 Å². The van der Waals surface area contributed by atoms with Crippen molar-refractivity contribution in [2.24, 2.45) is 0 Å². The molecule has 5 rings (SSSR count). The second-order valence-corrected chi connectivity index (χ2v) is 8.76. The van der Waals surface area contributed by atoms with E-state index >= 15 is 0 Å². The molecule has 0 radical (unpaired) electrons. The van der Waals surface area contributed by atoms with Gasteiger partial charge in [0.1, 0.15) is 17.4 Å². The van der Waals surface area contributed by atoms with Crippen LogP contribution in [0.3, 0.4) is 0 Å². The van der Waals surface area contributed by atoms with Crippen LogP contribution in [0.1, 0.15) is 47.7 Å². The zero-order valence-electron chi connectivity index (χ0n) is 18.1. The predicted molar refractivity (Wildman–Crippen MR) is 121 cm³/mol. The van der Waals surface area contributed by atoms with E-state index in [1.165, 1.54) is 27.6 Å². The van der Waals surface area contributed by atoms with Gasteiger partial charge < -0.3 is 5.32 Å². The smallest absolute Gasteiger partial charge is 0.264 e. The molecule has 0 saturated heterocycles.